The summed E-state index contributed by atoms with van der Waals surface area (Å²) in [6, 6.07) is 8.99. The average Bonchev–Trinajstić information content (AvgIpc) is 2.37. The quantitative estimate of drug-likeness (QED) is 0.779. The van der Waals surface area contributed by atoms with E-state index in [-0.39, 0.29) is 25.3 Å². The summed E-state index contributed by atoms with van der Waals surface area (Å²) in [7, 11) is 0. The van der Waals surface area contributed by atoms with Crippen molar-refractivity contribution in [2.75, 3.05) is 11.4 Å². The molecule has 0 aliphatic carbocycles. The van der Waals surface area contributed by atoms with Gasteiger partial charge in [-0.1, -0.05) is 18.2 Å². The molecule has 0 saturated carbocycles. The molecule has 0 unspecified atom stereocenters. The molecule has 1 N–H and O–H groups in total. The van der Waals surface area contributed by atoms with Crippen molar-refractivity contribution in [2.45, 2.75) is 19.3 Å². The first kappa shape index (κ1) is 13.8. The minimum Gasteiger partial charge on any atom is -0.481 e. The summed E-state index contributed by atoms with van der Waals surface area (Å²) >= 11 is 0. The van der Waals surface area contributed by atoms with Crippen molar-refractivity contribution in [3.63, 3.8) is 0 Å². The van der Waals surface area contributed by atoms with Crippen LogP contribution in [-0.2, 0) is 9.59 Å². The van der Waals surface area contributed by atoms with Crippen LogP contribution in [0.5, 0.6) is 0 Å². The average molecular weight is 245 g/mol. The van der Waals surface area contributed by atoms with Crippen molar-refractivity contribution in [1.29, 1.82) is 0 Å². The van der Waals surface area contributed by atoms with Crippen molar-refractivity contribution < 1.29 is 14.7 Å². The van der Waals surface area contributed by atoms with E-state index in [4.69, 9.17) is 11.5 Å². The van der Waals surface area contributed by atoms with Crippen LogP contribution in [0.25, 0.3) is 0 Å². The van der Waals surface area contributed by atoms with Gasteiger partial charge in [0.1, 0.15) is 0 Å². The molecule has 0 atom stereocenters. The summed E-state index contributed by atoms with van der Waals surface area (Å²) in [6.07, 6.45) is 5.62. The van der Waals surface area contributed by atoms with Crippen molar-refractivity contribution in [2.24, 2.45) is 0 Å². The fourth-order valence-electron chi connectivity index (χ4n) is 1.53. The smallest absolute Gasteiger partial charge is 0.305 e. The number of terminal acetylenes is 1. The zero-order chi connectivity index (χ0) is 13.4. The molecule has 1 aromatic rings. The zero-order valence-corrected chi connectivity index (χ0v) is 10.0. The van der Waals surface area contributed by atoms with E-state index in [2.05, 4.69) is 5.92 Å². The first-order valence-electron chi connectivity index (χ1n) is 5.66. The highest BCUT2D eigenvalue weighted by Crippen LogP contribution is 2.15. The van der Waals surface area contributed by atoms with Crippen LogP contribution in [0.1, 0.15) is 19.3 Å². The Morgan fingerprint density at radius 1 is 1.22 bits per heavy atom. The lowest BCUT2D eigenvalue weighted by molar-refractivity contribution is -0.136. The SMILES string of the molecule is C#CCCC(=O)N(CCC(=O)O)c1ccccc1. The van der Waals surface area contributed by atoms with Gasteiger partial charge in [-0.05, 0) is 12.1 Å². The molecule has 4 nitrogen and oxygen atoms in total. The Kier molecular flexibility index (Phi) is 5.46. The minimum absolute atomic E-state index is 0.0866. The maximum atomic E-state index is 12.0. The summed E-state index contributed by atoms with van der Waals surface area (Å²) in [6.45, 7) is 0.156. The third-order valence-corrected chi connectivity index (χ3v) is 2.40. The van der Waals surface area contributed by atoms with E-state index in [9.17, 15) is 9.59 Å². The number of anilines is 1. The number of rotatable bonds is 6. The van der Waals surface area contributed by atoms with Gasteiger partial charge >= 0.3 is 5.97 Å². The minimum atomic E-state index is -0.930. The number of carboxylic acids is 1. The van der Waals surface area contributed by atoms with Gasteiger partial charge in [-0.2, -0.15) is 0 Å². The van der Waals surface area contributed by atoms with Crippen molar-refractivity contribution in [1.82, 2.24) is 0 Å². The second-order valence-electron chi connectivity index (χ2n) is 3.73. The lowest BCUT2D eigenvalue weighted by Crippen LogP contribution is -2.32. The second-order valence-corrected chi connectivity index (χ2v) is 3.73. The fraction of sp³-hybridized carbons (Fsp3) is 0.286. The highest BCUT2D eigenvalue weighted by molar-refractivity contribution is 5.93. The third kappa shape index (κ3) is 4.30. The predicted molar refractivity (Wildman–Crippen MR) is 69.1 cm³/mol. The monoisotopic (exact) mass is 245 g/mol. The highest BCUT2D eigenvalue weighted by Gasteiger charge is 2.15. The molecule has 0 radical (unpaired) electrons. The van der Waals surface area contributed by atoms with Crippen molar-refractivity contribution in [3.05, 3.63) is 30.3 Å². The van der Waals surface area contributed by atoms with Gasteiger partial charge in [-0.25, -0.2) is 0 Å². The maximum Gasteiger partial charge on any atom is 0.305 e. The van der Waals surface area contributed by atoms with Crippen molar-refractivity contribution >= 4 is 17.6 Å². The van der Waals surface area contributed by atoms with Crippen LogP contribution in [0.2, 0.25) is 0 Å². The Morgan fingerprint density at radius 3 is 2.44 bits per heavy atom. The van der Waals surface area contributed by atoms with Crippen molar-refractivity contribution in [3.8, 4) is 12.3 Å². The molecule has 0 bridgehead atoms. The number of carbonyl (C=O) groups is 2. The summed E-state index contributed by atoms with van der Waals surface area (Å²) in [5.41, 5.74) is 0.695. The van der Waals surface area contributed by atoms with Crippen LogP contribution in [0.15, 0.2) is 30.3 Å². The molecule has 0 heterocycles. The second kappa shape index (κ2) is 7.13. The maximum absolute atomic E-state index is 12.0. The molecule has 0 fully saturated rings. The topological polar surface area (TPSA) is 57.6 Å². The Balaban J connectivity index is 2.78. The van der Waals surface area contributed by atoms with Gasteiger partial charge in [-0.3, -0.25) is 9.59 Å². The molecule has 18 heavy (non-hydrogen) atoms. The summed E-state index contributed by atoms with van der Waals surface area (Å²) in [5.74, 6) is 1.32. The molecule has 0 saturated heterocycles. The number of nitrogens with zero attached hydrogens (tertiary/aromatic N) is 1. The zero-order valence-electron chi connectivity index (χ0n) is 10.0. The largest absolute Gasteiger partial charge is 0.481 e. The van der Waals surface area contributed by atoms with Gasteiger partial charge in [0.2, 0.25) is 5.91 Å². The fourth-order valence-corrected chi connectivity index (χ4v) is 1.53. The standard InChI is InChI=1S/C14H15NO3/c1-2-3-9-13(16)15(11-10-14(17)18)12-7-5-4-6-8-12/h1,4-8H,3,9-11H2,(H,17,18). The Morgan fingerprint density at radius 2 is 1.89 bits per heavy atom. The molecular formula is C14H15NO3. The number of hydrogen-bond acceptors (Lipinski definition) is 2. The van der Waals surface area contributed by atoms with Crippen LogP contribution in [0.4, 0.5) is 5.69 Å². The van der Waals surface area contributed by atoms with Gasteiger partial charge in [0.05, 0.1) is 6.42 Å². The number of aliphatic carboxylic acids is 1. The van der Waals surface area contributed by atoms with Gasteiger partial charge < -0.3 is 10.0 Å². The van der Waals surface area contributed by atoms with Gasteiger partial charge in [-0.15, -0.1) is 12.3 Å². The van der Waals surface area contributed by atoms with Gasteiger partial charge in [0.25, 0.3) is 0 Å². The lowest BCUT2D eigenvalue weighted by Gasteiger charge is -2.21. The predicted octanol–water partition coefficient (Wildman–Crippen LogP) is 1.91. The van der Waals surface area contributed by atoms with Gasteiger partial charge in [0, 0.05) is 25.1 Å². The molecule has 0 spiro atoms. The van der Waals surface area contributed by atoms with E-state index in [1.54, 1.807) is 24.3 Å². The molecule has 0 aromatic heterocycles. The molecule has 4 heteroatoms. The van der Waals surface area contributed by atoms with E-state index in [1.165, 1.54) is 4.90 Å². The number of benzene rings is 1. The molecule has 0 aliphatic heterocycles. The van der Waals surface area contributed by atoms with E-state index >= 15 is 0 Å². The highest BCUT2D eigenvalue weighted by atomic mass is 16.4. The van der Waals surface area contributed by atoms with Crippen LogP contribution in [-0.4, -0.2) is 23.5 Å². The number of carboxylic acid groups (broad SMARTS) is 1. The first-order chi connectivity index (χ1) is 8.65. The van der Waals surface area contributed by atoms with Crippen LogP contribution in [0, 0.1) is 12.3 Å². The van der Waals surface area contributed by atoms with E-state index in [0.717, 1.165) is 0 Å². The van der Waals surface area contributed by atoms with E-state index in [1.807, 2.05) is 6.07 Å². The molecule has 0 aliphatic rings. The first-order valence-corrected chi connectivity index (χ1v) is 5.66. The number of hydrogen-bond donors (Lipinski definition) is 1. The van der Waals surface area contributed by atoms with E-state index in [0.29, 0.717) is 12.1 Å². The third-order valence-electron chi connectivity index (χ3n) is 2.40. The van der Waals surface area contributed by atoms with Crippen LogP contribution in [0.3, 0.4) is 0 Å². The van der Waals surface area contributed by atoms with E-state index < -0.39 is 5.97 Å². The summed E-state index contributed by atoms with van der Waals surface area (Å²) < 4.78 is 0. The molecule has 1 aromatic carbocycles. The van der Waals surface area contributed by atoms with Crippen LogP contribution >= 0.6 is 0 Å². The number of para-hydroxylation sites is 1. The van der Waals surface area contributed by atoms with Crippen LogP contribution < -0.4 is 4.90 Å². The normalized spacial score (nSPS) is 9.50. The molecule has 94 valence electrons. The molecule has 1 rings (SSSR count). The Bertz CT molecular complexity index is 448. The number of carbonyl (C=O) groups excluding carboxylic acids is 1. The Labute approximate surface area is 106 Å². The number of amides is 1. The summed E-state index contributed by atoms with van der Waals surface area (Å²) in [5, 5.41) is 8.70. The van der Waals surface area contributed by atoms with Gasteiger partial charge in [0.15, 0.2) is 0 Å². The molecular weight excluding hydrogens is 230 g/mol. The Hall–Kier alpha value is -2.28. The lowest BCUT2D eigenvalue weighted by atomic mass is 10.2. The summed E-state index contributed by atoms with van der Waals surface area (Å²) in [4.78, 5) is 24.0. The molecule has 1 amide bonds.